The van der Waals surface area contributed by atoms with Gasteiger partial charge < -0.3 is 16.4 Å². The van der Waals surface area contributed by atoms with E-state index in [-0.39, 0.29) is 41.8 Å². The summed E-state index contributed by atoms with van der Waals surface area (Å²) in [6.45, 7) is 6.06. The van der Waals surface area contributed by atoms with E-state index < -0.39 is 0 Å². The van der Waals surface area contributed by atoms with Gasteiger partial charge in [-0.05, 0) is 65.2 Å². The van der Waals surface area contributed by atoms with E-state index in [1.54, 1.807) is 0 Å². The van der Waals surface area contributed by atoms with Gasteiger partial charge in [0.15, 0.2) is 0 Å². The van der Waals surface area contributed by atoms with Crippen LogP contribution in [0.25, 0.3) is 0 Å². The Morgan fingerprint density at radius 3 is 2.23 bits per heavy atom. The third-order valence-corrected chi connectivity index (χ3v) is 4.96. The minimum absolute atomic E-state index is 0.116. The van der Waals surface area contributed by atoms with Gasteiger partial charge in [-0.3, -0.25) is 9.59 Å². The maximum absolute atomic E-state index is 12.0. The van der Waals surface area contributed by atoms with Crippen LogP contribution in [0, 0.1) is 17.8 Å². The third-order valence-electron chi connectivity index (χ3n) is 4.96. The number of carbonyl (C=O) groups is 2. The van der Waals surface area contributed by atoms with Crippen LogP contribution in [0.15, 0.2) is 0 Å². The summed E-state index contributed by atoms with van der Waals surface area (Å²) in [5.41, 5.74) is 5.73. The molecule has 0 aromatic rings. The lowest BCUT2D eigenvalue weighted by Gasteiger charge is -2.32. The van der Waals surface area contributed by atoms with Crippen molar-refractivity contribution in [1.82, 2.24) is 10.6 Å². The smallest absolute Gasteiger partial charge is 0.223 e. The van der Waals surface area contributed by atoms with Gasteiger partial charge in [0.05, 0.1) is 0 Å². The molecule has 126 valence electrons. The summed E-state index contributed by atoms with van der Waals surface area (Å²) >= 11 is 0. The SMILES string of the molecule is CC(C)NC(=O)C1CCC(CC(C)NC(=O)C2CC(N)C2)C1. The molecule has 2 aliphatic carbocycles. The summed E-state index contributed by atoms with van der Waals surface area (Å²) in [7, 11) is 0. The van der Waals surface area contributed by atoms with Gasteiger partial charge in [0.1, 0.15) is 0 Å². The van der Waals surface area contributed by atoms with Crippen molar-refractivity contribution < 1.29 is 9.59 Å². The van der Waals surface area contributed by atoms with E-state index in [4.69, 9.17) is 5.73 Å². The molecule has 2 amide bonds. The first-order valence-electron chi connectivity index (χ1n) is 8.71. The fourth-order valence-corrected chi connectivity index (χ4v) is 3.73. The van der Waals surface area contributed by atoms with Gasteiger partial charge in [-0.1, -0.05) is 0 Å². The van der Waals surface area contributed by atoms with E-state index in [2.05, 4.69) is 17.6 Å². The summed E-state index contributed by atoms with van der Waals surface area (Å²) in [6.07, 6.45) is 5.62. The maximum atomic E-state index is 12.0. The van der Waals surface area contributed by atoms with Crippen molar-refractivity contribution in [2.75, 3.05) is 0 Å². The second kappa shape index (κ2) is 7.44. The predicted octanol–water partition coefficient (Wildman–Crippen LogP) is 1.56. The molecule has 0 aromatic heterocycles. The molecule has 5 heteroatoms. The van der Waals surface area contributed by atoms with Crippen LogP contribution >= 0.6 is 0 Å². The Balaban J connectivity index is 1.68. The van der Waals surface area contributed by atoms with Crippen LogP contribution in [0.3, 0.4) is 0 Å². The zero-order valence-electron chi connectivity index (χ0n) is 14.1. The summed E-state index contributed by atoms with van der Waals surface area (Å²) in [5, 5.41) is 6.12. The first-order valence-corrected chi connectivity index (χ1v) is 8.71. The zero-order chi connectivity index (χ0) is 16.3. The molecule has 2 rings (SSSR count). The van der Waals surface area contributed by atoms with E-state index in [0.29, 0.717) is 5.92 Å². The molecule has 0 heterocycles. The normalized spacial score (nSPS) is 32.4. The van der Waals surface area contributed by atoms with E-state index in [0.717, 1.165) is 38.5 Å². The van der Waals surface area contributed by atoms with Crippen LogP contribution in [-0.2, 0) is 9.59 Å². The van der Waals surface area contributed by atoms with Crippen molar-refractivity contribution in [3.05, 3.63) is 0 Å². The summed E-state index contributed by atoms with van der Waals surface area (Å²) in [6, 6.07) is 0.598. The van der Waals surface area contributed by atoms with E-state index in [9.17, 15) is 9.59 Å². The molecule has 4 N–H and O–H groups in total. The topological polar surface area (TPSA) is 84.2 Å². The van der Waals surface area contributed by atoms with Gasteiger partial charge in [0, 0.05) is 30.0 Å². The van der Waals surface area contributed by atoms with Crippen molar-refractivity contribution in [3.8, 4) is 0 Å². The van der Waals surface area contributed by atoms with Crippen molar-refractivity contribution in [2.45, 2.75) is 77.4 Å². The minimum Gasteiger partial charge on any atom is -0.354 e. The Bertz CT molecular complexity index is 405. The first-order chi connectivity index (χ1) is 10.3. The van der Waals surface area contributed by atoms with Gasteiger partial charge >= 0.3 is 0 Å². The van der Waals surface area contributed by atoms with Gasteiger partial charge in [0.2, 0.25) is 11.8 Å². The van der Waals surface area contributed by atoms with Crippen LogP contribution < -0.4 is 16.4 Å². The highest BCUT2D eigenvalue weighted by molar-refractivity contribution is 5.80. The molecule has 2 saturated carbocycles. The van der Waals surface area contributed by atoms with Crippen molar-refractivity contribution >= 4 is 11.8 Å². The fourth-order valence-electron chi connectivity index (χ4n) is 3.73. The molecule has 22 heavy (non-hydrogen) atoms. The average Bonchev–Trinajstić information content (AvgIpc) is 2.82. The third kappa shape index (κ3) is 4.70. The van der Waals surface area contributed by atoms with Gasteiger partial charge in [-0.25, -0.2) is 0 Å². The second-order valence-corrected chi connectivity index (χ2v) is 7.61. The molecule has 0 radical (unpaired) electrons. The van der Waals surface area contributed by atoms with Crippen molar-refractivity contribution in [3.63, 3.8) is 0 Å². The minimum atomic E-state index is 0.116. The molecule has 5 nitrogen and oxygen atoms in total. The highest BCUT2D eigenvalue weighted by atomic mass is 16.2. The summed E-state index contributed by atoms with van der Waals surface area (Å²) in [4.78, 5) is 24.1. The number of amides is 2. The monoisotopic (exact) mass is 309 g/mol. The van der Waals surface area contributed by atoms with Gasteiger partial charge in [0.25, 0.3) is 0 Å². The molecule has 0 saturated heterocycles. The molecule has 0 aliphatic heterocycles. The maximum Gasteiger partial charge on any atom is 0.223 e. The Morgan fingerprint density at radius 1 is 1.00 bits per heavy atom. The number of hydrogen-bond donors (Lipinski definition) is 3. The Labute approximate surface area is 133 Å². The van der Waals surface area contributed by atoms with Crippen LogP contribution in [0.5, 0.6) is 0 Å². The molecule has 3 unspecified atom stereocenters. The number of rotatable bonds is 6. The first kappa shape index (κ1) is 17.3. The van der Waals surface area contributed by atoms with E-state index in [1.807, 2.05) is 13.8 Å². The van der Waals surface area contributed by atoms with Crippen molar-refractivity contribution in [1.29, 1.82) is 0 Å². The molecule has 0 bridgehead atoms. The van der Waals surface area contributed by atoms with Crippen LogP contribution in [0.4, 0.5) is 0 Å². The lowest BCUT2D eigenvalue weighted by atomic mass is 9.80. The number of nitrogens with two attached hydrogens (primary N) is 1. The molecular weight excluding hydrogens is 278 g/mol. The standard InChI is InChI=1S/C17H31N3O2/c1-10(2)19-16(21)13-5-4-12(7-13)6-11(3)20-17(22)14-8-15(18)9-14/h10-15H,4-9,18H2,1-3H3,(H,19,21)(H,20,22). The van der Waals surface area contributed by atoms with E-state index >= 15 is 0 Å². The quantitative estimate of drug-likeness (QED) is 0.696. The number of carbonyl (C=O) groups excluding carboxylic acids is 2. The Hall–Kier alpha value is -1.10. The molecule has 2 aliphatic rings. The van der Waals surface area contributed by atoms with Crippen LogP contribution in [0.1, 0.15) is 59.3 Å². The average molecular weight is 309 g/mol. The molecule has 2 fully saturated rings. The van der Waals surface area contributed by atoms with Crippen LogP contribution in [-0.4, -0.2) is 29.9 Å². The van der Waals surface area contributed by atoms with Gasteiger partial charge in [-0.15, -0.1) is 0 Å². The Kier molecular flexibility index (Phi) is 5.84. The highest BCUT2D eigenvalue weighted by Crippen LogP contribution is 2.34. The molecular formula is C17H31N3O2. The predicted molar refractivity (Wildman–Crippen MR) is 87.0 cm³/mol. The molecule has 0 aromatic carbocycles. The second-order valence-electron chi connectivity index (χ2n) is 7.61. The van der Waals surface area contributed by atoms with E-state index in [1.165, 1.54) is 0 Å². The molecule has 0 spiro atoms. The Morgan fingerprint density at radius 2 is 1.64 bits per heavy atom. The zero-order valence-corrected chi connectivity index (χ0v) is 14.1. The largest absolute Gasteiger partial charge is 0.354 e. The summed E-state index contributed by atoms with van der Waals surface area (Å²) < 4.78 is 0. The molecule has 3 atom stereocenters. The van der Waals surface area contributed by atoms with Crippen molar-refractivity contribution in [2.24, 2.45) is 23.5 Å². The number of nitrogens with one attached hydrogen (secondary N) is 2. The fraction of sp³-hybridized carbons (Fsp3) is 0.882. The van der Waals surface area contributed by atoms with Gasteiger partial charge in [-0.2, -0.15) is 0 Å². The summed E-state index contributed by atoms with van der Waals surface area (Å²) in [5.74, 6) is 1.16. The highest BCUT2D eigenvalue weighted by Gasteiger charge is 2.34. The van der Waals surface area contributed by atoms with Crippen LogP contribution in [0.2, 0.25) is 0 Å². The lowest BCUT2D eigenvalue weighted by molar-refractivity contribution is -0.128. The number of hydrogen-bond acceptors (Lipinski definition) is 3. The lowest BCUT2D eigenvalue weighted by Crippen LogP contribution is -2.47.